The minimum atomic E-state index is -0.702. The van der Waals surface area contributed by atoms with Gasteiger partial charge in [0, 0.05) is 17.8 Å². The van der Waals surface area contributed by atoms with Crippen molar-refractivity contribution in [3.63, 3.8) is 0 Å². The van der Waals surface area contributed by atoms with E-state index in [-0.39, 0.29) is 12.4 Å². The zero-order valence-corrected chi connectivity index (χ0v) is 18.8. The molecule has 9 nitrogen and oxygen atoms in total. The largest absolute Gasteiger partial charge is 0.491 e. The van der Waals surface area contributed by atoms with E-state index in [2.05, 4.69) is 5.10 Å². The molecule has 1 heterocycles. The molecule has 0 aliphatic carbocycles. The predicted molar refractivity (Wildman–Crippen MR) is 136 cm³/mol. The van der Waals surface area contributed by atoms with Gasteiger partial charge in [-0.2, -0.15) is 5.10 Å². The number of nitrogen functional groups attached to an aromatic ring is 4. The van der Waals surface area contributed by atoms with Gasteiger partial charge in [0.2, 0.25) is 5.78 Å². The molecule has 0 saturated carbocycles. The number of hydrogen-bond acceptors (Lipinski definition) is 9. The highest BCUT2D eigenvalue weighted by molar-refractivity contribution is 6.43. The molecule has 0 bridgehead atoms. The number of para-hydroxylation sites is 1. The number of hydrogen-bond donors (Lipinski definition) is 4. The Kier molecular flexibility index (Phi) is 6.44. The molecular formula is C25H28N6O3. The third-order valence-electron chi connectivity index (χ3n) is 5.53. The summed E-state index contributed by atoms with van der Waals surface area (Å²) in [4.78, 5) is 13.2. The van der Waals surface area contributed by atoms with E-state index in [9.17, 15) is 4.79 Å². The number of benzene rings is 3. The van der Waals surface area contributed by atoms with E-state index >= 15 is 0 Å². The van der Waals surface area contributed by atoms with Crippen molar-refractivity contribution in [2.75, 3.05) is 34.6 Å². The highest BCUT2D eigenvalue weighted by Crippen LogP contribution is 2.31. The molecule has 1 aliphatic heterocycles. The molecule has 34 heavy (non-hydrogen) atoms. The summed E-state index contributed by atoms with van der Waals surface area (Å²) in [5, 5.41) is 6.19. The summed E-state index contributed by atoms with van der Waals surface area (Å²) in [6, 6.07) is 18.8. The maximum Gasteiger partial charge on any atom is 0.206 e. The highest BCUT2D eigenvalue weighted by Gasteiger charge is 2.42. The number of Topliss-reactive ketones (excluding diaryl/α,β-unsaturated/α-hetero) is 1. The van der Waals surface area contributed by atoms with Gasteiger partial charge in [0.1, 0.15) is 23.3 Å². The number of carbonyl (C=O) groups excluding carboxylic acids is 1. The molecule has 8 N–H and O–H groups in total. The van der Waals surface area contributed by atoms with Crippen molar-refractivity contribution in [1.82, 2.24) is 0 Å². The summed E-state index contributed by atoms with van der Waals surface area (Å²) in [5.41, 5.74) is 26.8. The third-order valence-corrected chi connectivity index (χ3v) is 5.53. The fourth-order valence-corrected chi connectivity index (χ4v) is 3.83. The number of nitrogens with zero attached hydrogens (tertiary/aromatic N) is 2. The number of nitrogens with two attached hydrogens (primary N) is 4. The lowest BCUT2D eigenvalue weighted by Gasteiger charge is -2.30. The Morgan fingerprint density at radius 2 is 1.53 bits per heavy atom. The quantitative estimate of drug-likeness (QED) is 0.374. The fourth-order valence-electron chi connectivity index (χ4n) is 3.83. The van der Waals surface area contributed by atoms with Gasteiger partial charge in [0.15, 0.2) is 6.04 Å². The zero-order chi connectivity index (χ0) is 24.2. The molecule has 0 radical (unpaired) electrons. The molecule has 9 heteroatoms. The number of ketones is 1. The van der Waals surface area contributed by atoms with Gasteiger partial charge in [-0.25, -0.2) is 0 Å². The van der Waals surface area contributed by atoms with Crippen molar-refractivity contribution in [2.24, 2.45) is 5.10 Å². The van der Waals surface area contributed by atoms with Crippen LogP contribution in [0.2, 0.25) is 0 Å². The van der Waals surface area contributed by atoms with Gasteiger partial charge in [0.25, 0.3) is 0 Å². The molecular weight excluding hydrogens is 432 g/mol. The predicted octanol–water partition coefficient (Wildman–Crippen LogP) is 3.07. The van der Waals surface area contributed by atoms with Crippen molar-refractivity contribution in [2.45, 2.75) is 25.5 Å². The second kappa shape index (κ2) is 9.62. The number of hydrazone groups is 1. The number of ether oxygens (including phenoxy) is 2. The van der Waals surface area contributed by atoms with Gasteiger partial charge in [-0.1, -0.05) is 18.2 Å². The molecule has 176 valence electrons. The number of rotatable bonds is 8. The van der Waals surface area contributed by atoms with E-state index in [0.717, 1.165) is 5.69 Å². The second-order valence-corrected chi connectivity index (χ2v) is 8.06. The molecule has 2 atom stereocenters. The van der Waals surface area contributed by atoms with Crippen LogP contribution < -0.4 is 37.4 Å². The van der Waals surface area contributed by atoms with E-state index in [1.165, 1.54) is 0 Å². The number of carbonyl (C=O) groups is 1. The maximum absolute atomic E-state index is 13.2. The third kappa shape index (κ3) is 4.83. The summed E-state index contributed by atoms with van der Waals surface area (Å²) in [7, 11) is 0. The van der Waals surface area contributed by atoms with E-state index < -0.39 is 12.1 Å². The Morgan fingerprint density at radius 1 is 0.912 bits per heavy atom. The van der Waals surface area contributed by atoms with Gasteiger partial charge in [-0.05, 0) is 55.5 Å². The first-order valence-electron chi connectivity index (χ1n) is 10.9. The Morgan fingerprint density at radius 3 is 2.15 bits per heavy atom. The van der Waals surface area contributed by atoms with Gasteiger partial charge in [-0.15, -0.1) is 0 Å². The summed E-state index contributed by atoms with van der Waals surface area (Å²) in [5.74, 6) is 0.802. The second-order valence-electron chi connectivity index (χ2n) is 8.06. The molecule has 3 aromatic rings. The van der Waals surface area contributed by atoms with E-state index in [1.807, 2.05) is 30.3 Å². The first-order valence-corrected chi connectivity index (χ1v) is 10.9. The standard InChI is InChI=1S/C25H28N6O3/c1-15-25(32)24(31(30-15)18-5-3-2-4-6-18)23(34-22-10-8-17(27)14-20(22)29)11-12-33-21-9-7-16(26)13-19(21)28/h2-10,13-14,23-24H,11-12,26-29H2,1H3. The fraction of sp³-hybridized carbons (Fsp3) is 0.200. The Labute approximate surface area is 197 Å². The first-order chi connectivity index (χ1) is 16.3. The zero-order valence-electron chi connectivity index (χ0n) is 18.8. The van der Waals surface area contributed by atoms with Crippen LogP contribution in [0.15, 0.2) is 71.8 Å². The van der Waals surface area contributed by atoms with Crippen molar-refractivity contribution in [1.29, 1.82) is 0 Å². The van der Waals surface area contributed by atoms with Crippen molar-refractivity contribution >= 4 is 39.9 Å². The normalized spacial score (nSPS) is 16.3. The summed E-state index contributed by atoms with van der Waals surface area (Å²) in [6.07, 6.45) is -0.272. The monoisotopic (exact) mass is 460 g/mol. The maximum atomic E-state index is 13.2. The average molecular weight is 461 g/mol. The smallest absolute Gasteiger partial charge is 0.206 e. The lowest BCUT2D eigenvalue weighted by Crippen LogP contribution is -2.47. The molecule has 0 spiro atoms. The lowest BCUT2D eigenvalue weighted by atomic mass is 10.0. The van der Waals surface area contributed by atoms with Crippen LogP contribution in [0, 0.1) is 0 Å². The SMILES string of the molecule is CC1=NN(c2ccccc2)C(C(CCOc2ccc(N)cc2N)Oc2ccc(N)cc2N)C1=O. The molecule has 0 saturated heterocycles. The van der Waals surface area contributed by atoms with Crippen LogP contribution in [-0.2, 0) is 4.79 Å². The molecule has 0 aromatic heterocycles. The van der Waals surface area contributed by atoms with Crippen LogP contribution in [-0.4, -0.2) is 30.2 Å². The number of anilines is 5. The Hall–Kier alpha value is -4.40. The summed E-state index contributed by atoms with van der Waals surface area (Å²) in [6.45, 7) is 1.93. The summed E-state index contributed by atoms with van der Waals surface area (Å²) < 4.78 is 12.2. The van der Waals surface area contributed by atoms with Crippen LogP contribution >= 0.6 is 0 Å². The van der Waals surface area contributed by atoms with E-state index in [0.29, 0.717) is 46.4 Å². The van der Waals surface area contributed by atoms with Crippen LogP contribution in [0.25, 0.3) is 0 Å². The van der Waals surface area contributed by atoms with Crippen molar-refractivity contribution in [3.05, 3.63) is 66.7 Å². The van der Waals surface area contributed by atoms with Crippen LogP contribution in [0.4, 0.5) is 28.4 Å². The van der Waals surface area contributed by atoms with Gasteiger partial charge < -0.3 is 32.4 Å². The molecule has 0 fully saturated rings. The molecule has 1 aliphatic rings. The Balaban J connectivity index is 1.61. The highest BCUT2D eigenvalue weighted by atomic mass is 16.5. The average Bonchev–Trinajstić information content (AvgIpc) is 3.11. The lowest BCUT2D eigenvalue weighted by molar-refractivity contribution is -0.115. The van der Waals surface area contributed by atoms with Crippen LogP contribution in [0.3, 0.4) is 0 Å². The molecule has 4 rings (SSSR count). The molecule has 0 amide bonds. The van der Waals surface area contributed by atoms with Gasteiger partial charge in [-0.3, -0.25) is 9.80 Å². The van der Waals surface area contributed by atoms with Gasteiger partial charge in [0.05, 0.1) is 23.7 Å². The Bertz CT molecular complexity index is 1210. The van der Waals surface area contributed by atoms with Crippen molar-refractivity contribution in [3.8, 4) is 11.5 Å². The van der Waals surface area contributed by atoms with Gasteiger partial charge >= 0.3 is 0 Å². The summed E-state index contributed by atoms with van der Waals surface area (Å²) >= 11 is 0. The van der Waals surface area contributed by atoms with Crippen LogP contribution in [0.1, 0.15) is 13.3 Å². The van der Waals surface area contributed by atoms with E-state index in [1.54, 1.807) is 48.3 Å². The van der Waals surface area contributed by atoms with Crippen molar-refractivity contribution < 1.29 is 14.3 Å². The molecule has 3 aromatic carbocycles. The topological polar surface area (TPSA) is 155 Å². The molecule has 2 unspecified atom stereocenters. The van der Waals surface area contributed by atoms with Crippen LogP contribution in [0.5, 0.6) is 11.5 Å². The minimum Gasteiger partial charge on any atom is -0.491 e. The first kappa shape index (κ1) is 22.8. The van der Waals surface area contributed by atoms with E-state index in [4.69, 9.17) is 32.4 Å². The minimum absolute atomic E-state index is 0.130.